The minimum absolute atomic E-state index is 0.169. The number of nitrogens with one attached hydrogen (secondary N) is 1. The van der Waals surface area contributed by atoms with E-state index in [1.807, 2.05) is 0 Å². The van der Waals surface area contributed by atoms with E-state index in [9.17, 15) is 28.2 Å². The lowest BCUT2D eigenvalue weighted by molar-refractivity contribution is -0.137. The zero-order valence-corrected chi connectivity index (χ0v) is 14.4. The van der Waals surface area contributed by atoms with Crippen molar-refractivity contribution in [2.75, 3.05) is 0 Å². The fourth-order valence-corrected chi connectivity index (χ4v) is 2.20. The topological polar surface area (TPSA) is 93.3 Å². The van der Waals surface area contributed by atoms with Crippen LogP contribution in [0.4, 0.5) is 13.2 Å². The van der Waals surface area contributed by atoms with Gasteiger partial charge < -0.3 is 15.5 Å². The van der Waals surface area contributed by atoms with Gasteiger partial charge in [-0.3, -0.25) is 4.79 Å². The molecule has 0 fully saturated rings. The molecule has 2 aromatic carbocycles. The highest BCUT2D eigenvalue weighted by Crippen LogP contribution is 2.29. The number of amides is 1. The lowest BCUT2D eigenvalue weighted by Crippen LogP contribution is -2.24. The first-order valence-corrected chi connectivity index (χ1v) is 7.95. The molecular weight excluding hydrogens is 373 g/mol. The van der Waals surface area contributed by atoms with Crippen LogP contribution in [-0.2, 0) is 17.5 Å². The van der Waals surface area contributed by atoms with Crippen molar-refractivity contribution in [2.24, 2.45) is 0 Å². The number of nitrogens with zero attached hydrogens (tertiary/aromatic N) is 1. The Kier molecular flexibility index (Phi) is 6.45. The zero-order chi connectivity index (χ0) is 20.7. The zero-order valence-electron chi connectivity index (χ0n) is 14.4. The molecule has 28 heavy (non-hydrogen) atoms. The molecule has 0 aliphatic heterocycles. The van der Waals surface area contributed by atoms with Gasteiger partial charge in [0, 0.05) is 6.54 Å². The van der Waals surface area contributed by atoms with Crippen LogP contribution in [0.1, 0.15) is 16.7 Å². The van der Waals surface area contributed by atoms with Gasteiger partial charge in [-0.05, 0) is 41.5 Å². The number of benzene rings is 2. The molecule has 0 spiro atoms. The van der Waals surface area contributed by atoms with Crippen LogP contribution in [0.25, 0.3) is 6.08 Å². The van der Waals surface area contributed by atoms with Crippen molar-refractivity contribution in [1.29, 1.82) is 5.26 Å². The molecule has 0 saturated carbocycles. The Morgan fingerprint density at radius 3 is 2.54 bits per heavy atom. The summed E-state index contributed by atoms with van der Waals surface area (Å²) in [7, 11) is 0. The van der Waals surface area contributed by atoms with Gasteiger partial charge in [0.15, 0.2) is 11.5 Å². The van der Waals surface area contributed by atoms with E-state index in [1.54, 1.807) is 6.07 Å². The van der Waals surface area contributed by atoms with Gasteiger partial charge in [0.1, 0.15) is 11.6 Å². The highest BCUT2D eigenvalue weighted by molar-refractivity contribution is 5.97. The first-order valence-electron chi connectivity index (χ1n) is 7.95. The highest BCUT2D eigenvalue weighted by atomic mass is 19.4. The number of halogens is 3. The maximum atomic E-state index is 12.7. The number of nitriles is 1. The molecule has 2 aromatic rings. The third kappa shape index (κ3) is 5.64. The molecule has 0 heterocycles. The van der Waals surface area contributed by atoms with E-state index in [1.165, 1.54) is 48.6 Å². The molecule has 5 nitrogen and oxygen atoms in total. The standard InChI is InChI=1S/C20H15F3N2O3/c21-20(22,23)16-6-2-4-14(9-16)12-25-19(28)15(11-24)5-1-3-13-7-8-17(26)18(27)10-13/h1-10,26-27H,12H2,(H,25,28). The number of hydrogen-bond donors (Lipinski definition) is 3. The summed E-state index contributed by atoms with van der Waals surface area (Å²) >= 11 is 0. The van der Waals surface area contributed by atoms with Crippen molar-refractivity contribution in [3.63, 3.8) is 0 Å². The molecule has 0 radical (unpaired) electrons. The van der Waals surface area contributed by atoms with Crippen LogP contribution in [0.5, 0.6) is 11.5 Å². The number of alkyl halides is 3. The number of allylic oxidation sites excluding steroid dienone is 2. The van der Waals surface area contributed by atoms with Crippen molar-refractivity contribution in [3.05, 3.63) is 76.9 Å². The smallest absolute Gasteiger partial charge is 0.416 e. The molecule has 0 saturated heterocycles. The largest absolute Gasteiger partial charge is 0.504 e. The molecule has 8 heteroatoms. The summed E-state index contributed by atoms with van der Waals surface area (Å²) < 4.78 is 38.1. The first kappa shape index (κ1) is 20.6. The summed E-state index contributed by atoms with van der Waals surface area (Å²) in [5.41, 5.74) is -0.301. The lowest BCUT2D eigenvalue weighted by atomic mass is 10.1. The van der Waals surface area contributed by atoms with E-state index in [0.717, 1.165) is 12.1 Å². The average molecular weight is 388 g/mol. The van der Waals surface area contributed by atoms with Crippen LogP contribution in [0.15, 0.2) is 60.2 Å². The third-order valence-electron chi connectivity index (χ3n) is 3.62. The van der Waals surface area contributed by atoms with Crippen molar-refractivity contribution in [1.82, 2.24) is 5.32 Å². The quantitative estimate of drug-likeness (QED) is 0.313. The normalized spacial score (nSPS) is 12.0. The van der Waals surface area contributed by atoms with Gasteiger partial charge in [-0.25, -0.2) is 0 Å². The number of phenolic OH excluding ortho intramolecular Hbond substituents is 2. The molecule has 0 bridgehead atoms. The van der Waals surface area contributed by atoms with Gasteiger partial charge >= 0.3 is 6.18 Å². The molecular formula is C20H15F3N2O3. The number of phenols is 2. The minimum atomic E-state index is -4.48. The summed E-state index contributed by atoms with van der Waals surface area (Å²) in [6.45, 7) is -0.169. The number of aromatic hydroxyl groups is 2. The predicted octanol–water partition coefficient (Wildman–Crippen LogP) is 3.90. The molecule has 0 unspecified atom stereocenters. The van der Waals surface area contributed by atoms with Crippen molar-refractivity contribution in [2.45, 2.75) is 12.7 Å². The number of hydrogen-bond acceptors (Lipinski definition) is 4. The number of carbonyl (C=O) groups excluding carboxylic acids is 1. The fraction of sp³-hybridized carbons (Fsp3) is 0.100. The van der Waals surface area contributed by atoms with Crippen molar-refractivity contribution in [3.8, 4) is 17.6 Å². The second-order valence-corrected chi connectivity index (χ2v) is 5.68. The summed E-state index contributed by atoms with van der Waals surface area (Å²) in [5.74, 6) is -1.33. The molecule has 0 aromatic heterocycles. The summed E-state index contributed by atoms with van der Waals surface area (Å²) in [4.78, 5) is 12.0. The second kappa shape index (κ2) is 8.77. The Morgan fingerprint density at radius 2 is 1.89 bits per heavy atom. The van der Waals surface area contributed by atoms with E-state index in [4.69, 9.17) is 5.26 Å². The Balaban J connectivity index is 2.03. The Hall–Kier alpha value is -3.73. The summed E-state index contributed by atoms with van der Waals surface area (Å²) in [6.07, 6.45) is -0.360. The molecule has 0 aliphatic carbocycles. The van der Waals surface area contributed by atoms with Crippen LogP contribution in [0, 0.1) is 11.3 Å². The number of rotatable bonds is 5. The van der Waals surface area contributed by atoms with E-state index in [0.29, 0.717) is 5.56 Å². The van der Waals surface area contributed by atoms with Crippen LogP contribution >= 0.6 is 0 Å². The Morgan fingerprint density at radius 1 is 1.14 bits per heavy atom. The average Bonchev–Trinajstić information content (AvgIpc) is 2.65. The molecule has 1 amide bonds. The van der Waals surface area contributed by atoms with E-state index < -0.39 is 17.6 Å². The number of carbonyl (C=O) groups is 1. The van der Waals surface area contributed by atoms with Crippen molar-refractivity contribution >= 4 is 12.0 Å². The van der Waals surface area contributed by atoms with Gasteiger partial charge in [-0.2, -0.15) is 18.4 Å². The van der Waals surface area contributed by atoms with Crippen LogP contribution in [0.2, 0.25) is 0 Å². The van der Waals surface area contributed by atoms with Gasteiger partial charge in [-0.15, -0.1) is 0 Å². The SMILES string of the molecule is N#CC(=CC=Cc1ccc(O)c(O)c1)C(=O)NCc1cccc(C(F)(F)F)c1. The lowest BCUT2D eigenvalue weighted by Gasteiger charge is -2.09. The van der Waals surface area contributed by atoms with E-state index in [2.05, 4.69) is 5.32 Å². The van der Waals surface area contributed by atoms with Gasteiger partial charge in [0.05, 0.1) is 5.56 Å². The third-order valence-corrected chi connectivity index (χ3v) is 3.62. The van der Waals surface area contributed by atoms with E-state index in [-0.39, 0.29) is 29.2 Å². The maximum absolute atomic E-state index is 12.7. The summed E-state index contributed by atoms with van der Waals surface area (Å²) in [6, 6.07) is 10.3. The van der Waals surface area contributed by atoms with Gasteiger partial charge in [0.25, 0.3) is 5.91 Å². The Labute approximate surface area is 158 Å². The van der Waals surface area contributed by atoms with Crippen LogP contribution in [0.3, 0.4) is 0 Å². The maximum Gasteiger partial charge on any atom is 0.416 e. The molecule has 0 atom stereocenters. The van der Waals surface area contributed by atoms with Gasteiger partial charge in [-0.1, -0.05) is 30.4 Å². The monoisotopic (exact) mass is 388 g/mol. The fourth-order valence-electron chi connectivity index (χ4n) is 2.20. The van der Waals surface area contributed by atoms with Crippen LogP contribution < -0.4 is 5.32 Å². The predicted molar refractivity (Wildman–Crippen MR) is 95.8 cm³/mol. The first-order chi connectivity index (χ1) is 13.2. The Bertz CT molecular complexity index is 973. The molecule has 144 valence electrons. The molecule has 0 aliphatic rings. The molecule has 3 N–H and O–H groups in total. The second-order valence-electron chi connectivity index (χ2n) is 5.68. The highest BCUT2D eigenvalue weighted by Gasteiger charge is 2.30. The van der Waals surface area contributed by atoms with Gasteiger partial charge in [0.2, 0.25) is 0 Å². The summed E-state index contributed by atoms with van der Waals surface area (Å²) in [5, 5.41) is 30.1. The van der Waals surface area contributed by atoms with E-state index >= 15 is 0 Å². The van der Waals surface area contributed by atoms with Crippen LogP contribution in [-0.4, -0.2) is 16.1 Å². The minimum Gasteiger partial charge on any atom is -0.504 e. The molecule has 2 rings (SSSR count). The van der Waals surface area contributed by atoms with Crippen molar-refractivity contribution < 1.29 is 28.2 Å².